The molecule has 0 unspecified atom stereocenters. The van der Waals surface area contributed by atoms with E-state index in [1.54, 1.807) is 0 Å². The fourth-order valence-corrected chi connectivity index (χ4v) is 2.27. The van der Waals surface area contributed by atoms with E-state index in [0.717, 1.165) is 5.41 Å². The normalized spacial score (nSPS) is 32.1. The van der Waals surface area contributed by atoms with Crippen LogP contribution in [0.1, 0.15) is 32.1 Å². The smallest absolute Gasteiger partial charge is 0.00165 e. The predicted molar refractivity (Wildman–Crippen MR) is 43.0 cm³/mol. The monoisotopic (exact) mass is 139 g/mol. The van der Waals surface area contributed by atoms with Crippen molar-refractivity contribution in [3.8, 4) is 0 Å². The molecule has 10 heavy (non-hydrogen) atoms. The van der Waals surface area contributed by atoms with Gasteiger partial charge in [0, 0.05) is 0 Å². The molecule has 0 amide bonds. The molecule has 0 radical (unpaired) electrons. The van der Waals surface area contributed by atoms with E-state index in [2.05, 4.69) is 11.9 Å². The van der Waals surface area contributed by atoms with Gasteiger partial charge in [-0.25, -0.2) is 0 Å². The van der Waals surface area contributed by atoms with Crippen molar-refractivity contribution in [2.45, 2.75) is 32.1 Å². The standard InChI is InChI=1S/C9H17N/c1-10-7-5-9(6-8-10)3-2-4-9/h2-8H2,1H3. The van der Waals surface area contributed by atoms with Gasteiger partial charge in [-0.15, -0.1) is 0 Å². The first-order chi connectivity index (χ1) is 4.81. The van der Waals surface area contributed by atoms with Gasteiger partial charge in [0.2, 0.25) is 0 Å². The van der Waals surface area contributed by atoms with Crippen LogP contribution in [-0.4, -0.2) is 25.0 Å². The molecule has 1 heterocycles. The van der Waals surface area contributed by atoms with Crippen LogP contribution in [0.4, 0.5) is 0 Å². The summed E-state index contributed by atoms with van der Waals surface area (Å²) in [6.45, 7) is 2.69. The summed E-state index contributed by atoms with van der Waals surface area (Å²) in [6.07, 6.45) is 7.51. The highest BCUT2D eigenvalue weighted by Crippen LogP contribution is 2.48. The molecule has 1 spiro atoms. The van der Waals surface area contributed by atoms with Crippen molar-refractivity contribution in [2.24, 2.45) is 5.41 Å². The van der Waals surface area contributed by atoms with Crippen molar-refractivity contribution >= 4 is 0 Å². The van der Waals surface area contributed by atoms with E-state index in [1.807, 2.05) is 0 Å². The third kappa shape index (κ3) is 0.968. The first-order valence-electron chi connectivity index (χ1n) is 4.49. The maximum absolute atomic E-state index is 2.46. The van der Waals surface area contributed by atoms with Gasteiger partial charge < -0.3 is 4.90 Å². The average molecular weight is 139 g/mol. The van der Waals surface area contributed by atoms with Crippen LogP contribution in [0.3, 0.4) is 0 Å². The average Bonchev–Trinajstić information content (AvgIpc) is 1.86. The number of nitrogens with zero attached hydrogens (tertiary/aromatic N) is 1. The minimum absolute atomic E-state index is 0.840. The highest BCUT2D eigenvalue weighted by atomic mass is 15.1. The molecule has 1 aliphatic heterocycles. The first kappa shape index (κ1) is 6.66. The molecule has 0 N–H and O–H groups in total. The number of hydrogen-bond acceptors (Lipinski definition) is 1. The summed E-state index contributed by atoms with van der Waals surface area (Å²) in [5.41, 5.74) is 0.840. The zero-order chi connectivity index (χ0) is 7.03. The molecule has 0 bridgehead atoms. The maximum atomic E-state index is 2.46. The Morgan fingerprint density at radius 3 is 2.00 bits per heavy atom. The second-order valence-electron chi connectivity index (χ2n) is 4.16. The maximum Gasteiger partial charge on any atom is -0.00165 e. The molecule has 1 aliphatic carbocycles. The van der Waals surface area contributed by atoms with Gasteiger partial charge in [0.1, 0.15) is 0 Å². The summed E-state index contributed by atoms with van der Waals surface area (Å²) in [4.78, 5) is 2.46. The number of hydrogen-bond donors (Lipinski definition) is 0. The summed E-state index contributed by atoms with van der Waals surface area (Å²) in [5.74, 6) is 0. The van der Waals surface area contributed by atoms with E-state index in [-0.39, 0.29) is 0 Å². The molecular formula is C9H17N. The van der Waals surface area contributed by atoms with Gasteiger partial charge in [0.25, 0.3) is 0 Å². The fourth-order valence-electron chi connectivity index (χ4n) is 2.27. The molecule has 1 heteroatoms. The summed E-state index contributed by atoms with van der Waals surface area (Å²) in [5, 5.41) is 0. The van der Waals surface area contributed by atoms with Crippen LogP contribution in [0.5, 0.6) is 0 Å². The first-order valence-corrected chi connectivity index (χ1v) is 4.49. The van der Waals surface area contributed by atoms with Gasteiger partial charge in [-0.05, 0) is 51.2 Å². The van der Waals surface area contributed by atoms with Crippen molar-refractivity contribution in [1.82, 2.24) is 4.90 Å². The number of rotatable bonds is 0. The van der Waals surface area contributed by atoms with E-state index in [1.165, 1.54) is 45.2 Å². The Kier molecular flexibility index (Phi) is 1.48. The number of likely N-dealkylation sites (tertiary alicyclic amines) is 1. The molecule has 2 fully saturated rings. The molecule has 2 rings (SSSR count). The van der Waals surface area contributed by atoms with Gasteiger partial charge in [-0.3, -0.25) is 0 Å². The largest absolute Gasteiger partial charge is 0.306 e. The Labute approximate surface area is 63.4 Å². The Morgan fingerprint density at radius 2 is 1.60 bits per heavy atom. The van der Waals surface area contributed by atoms with Crippen LogP contribution in [0, 0.1) is 5.41 Å². The Morgan fingerprint density at radius 1 is 1.00 bits per heavy atom. The molecule has 2 aliphatic rings. The van der Waals surface area contributed by atoms with Crippen LogP contribution in [0.2, 0.25) is 0 Å². The Hall–Kier alpha value is -0.0400. The van der Waals surface area contributed by atoms with E-state index in [4.69, 9.17) is 0 Å². The predicted octanol–water partition coefficient (Wildman–Crippen LogP) is 1.88. The van der Waals surface area contributed by atoms with Crippen molar-refractivity contribution in [3.63, 3.8) is 0 Å². The van der Waals surface area contributed by atoms with Gasteiger partial charge >= 0.3 is 0 Å². The van der Waals surface area contributed by atoms with Crippen LogP contribution in [-0.2, 0) is 0 Å². The lowest BCUT2D eigenvalue weighted by molar-refractivity contribution is 0.0434. The zero-order valence-corrected chi connectivity index (χ0v) is 6.90. The lowest BCUT2D eigenvalue weighted by Crippen LogP contribution is -2.41. The molecule has 0 aromatic rings. The third-order valence-electron chi connectivity index (χ3n) is 3.46. The highest BCUT2D eigenvalue weighted by Gasteiger charge is 2.38. The molecule has 58 valence electrons. The van der Waals surface area contributed by atoms with Crippen molar-refractivity contribution < 1.29 is 0 Å². The molecule has 0 aromatic heterocycles. The van der Waals surface area contributed by atoms with Gasteiger partial charge in [-0.2, -0.15) is 0 Å². The lowest BCUT2D eigenvalue weighted by Gasteiger charge is -2.47. The molecule has 1 nitrogen and oxygen atoms in total. The second kappa shape index (κ2) is 2.23. The minimum Gasteiger partial charge on any atom is -0.306 e. The van der Waals surface area contributed by atoms with Crippen molar-refractivity contribution in [1.29, 1.82) is 0 Å². The molecule has 0 atom stereocenters. The number of piperidine rings is 1. The fraction of sp³-hybridized carbons (Fsp3) is 1.00. The van der Waals surface area contributed by atoms with E-state index in [0.29, 0.717) is 0 Å². The van der Waals surface area contributed by atoms with E-state index < -0.39 is 0 Å². The van der Waals surface area contributed by atoms with Gasteiger partial charge in [-0.1, -0.05) is 6.42 Å². The molecular weight excluding hydrogens is 122 g/mol. The SMILES string of the molecule is CN1CCC2(CCC2)CC1. The molecule has 1 saturated carbocycles. The lowest BCUT2D eigenvalue weighted by atomic mass is 9.63. The second-order valence-corrected chi connectivity index (χ2v) is 4.16. The van der Waals surface area contributed by atoms with Gasteiger partial charge in [0.15, 0.2) is 0 Å². The summed E-state index contributed by atoms with van der Waals surface area (Å²) >= 11 is 0. The van der Waals surface area contributed by atoms with Crippen LogP contribution >= 0.6 is 0 Å². The minimum atomic E-state index is 0.840. The van der Waals surface area contributed by atoms with Crippen LogP contribution < -0.4 is 0 Å². The third-order valence-corrected chi connectivity index (χ3v) is 3.46. The van der Waals surface area contributed by atoms with Crippen LogP contribution in [0.15, 0.2) is 0 Å². The van der Waals surface area contributed by atoms with E-state index in [9.17, 15) is 0 Å². The summed E-state index contributed by atoms with van der Waals surface area (Å²) < 4.78 is 0. The molecule has 1 saturated heterocycles. The Balaban J connectivity index is 1.90. The topological polar surface area (TPSA) is 3.24 Å². The van der Waals surface area contributed by atoms with Crippen molar-refractivity contribution in [3.05, 3.63) is 0 Å². The zero-order valence-electron chi connectivity index (χ0n) is 6.90. The highest BCUT2D eigenvalue weighted by molar-refractivity contribution is 4.91. The Bertz CT molecular complexity index is 117. The molecule has 0 aromatic carbocycles. The van der Waals surface area contributed by atoms with Crippen LogP contribution in [0.25, 0.3) is 0 Å². The van der Waals surface area contributed by atoms with Gasteiger partial charge in [0.05, 0.1) is 0 Å². The van der Waals surface area contributed by atoms with E-state index >= 15 is 0 Å². The summed E-state index contributed by atoms with van der Waals surface area (Å²) in [6, 6.07) is 0. The van der Waals surface area contributed by atoms with Crippen molar-refractivity contribution in [2.75, 3.05) is 20.1 Å². The quantitative estimate of drug-likeness (QED) is 0.495. The summed E-state index contributed by atoms with van der Waals surface area (Å²) in [7, 11) is 2.24.